The van der Waals surface area contributed by atoms with Gasteiger partial charge in [-0.1, -0.05) is 69.3 Å². The third-order valence-electron chi connectivity index (χ3n) is 4.45. The van der Waals surface area contributed by atoms with Crippen LogP contribution in [0.5, 0.6) is 0 Å². The van der Waals surface area contributed by atoms with E-state index in [-0.39, 0.29) is 23.7 Å². The largest absolute Gasteiger partial charge is 0.345 e. The smallest absolute Gasteiger partial charge is 0.251 e. The highest BCUT2D eigenvalue weighted by atomic mass is 32.1. The van der Waals surface area contributed by atoms with Crippen LogP contribution in [0.1, 0.15) is 54.8 Å². The molecular formula is C23H25N3O2S. The minimum atomic E-state index is -0.439. The number of nitrogens with zero attached hydrogens (tertiary/aromatic N) is 1. The van der Waals surface area contributed by atoms with Crippen molar-refractivity contribution >= 4 is 28.3 Å². The minimum absolute atomic E-state index is 0.0737. The molecule has 0 fully saturated rings. The van der Waals surface area contributed by atoms with Crippen LogP contribution in [-0.4, -0.2) is 16.8 Å². The summed E-state index contributed by atoms with van der Waals surface area (Å²) in [7, 11) is 0. The van der Waals surface area contributed by atoms with E-state index in [0.717, 1.165) is 11.3 Å². The fraction of sp³-hybridized carbons (Fsp3) is 0.261. The van der Waals surface area contributed by atoms with E-state index in [1.807, 2.05) is 53.9 Å². The second-order valence-electron chi connectivity index (χ2n) is 7.84. The monoisotopic (exact) mass is 407 g/mol. The number of nitrogens with one attached hydrogen (secondary N) is 2. The fourth-order valence-corrected chi connectivity index (χ4v) is 3.75. The third kappa shape index (κ3) is 5.74. The zero-order valence-corrected chi connectivity index (χ0v) is 17.6. The van der Waals surface area contributed by atoms with E-state index in [1.54, 1.807) is 12.1 Å². The Bertz CT molecular complexity index is 963. The first-order valence-corrected chi connectivity index (χ1v) is 10.4. The van der Waals surface area contributed by atoms with Gasteiger partial charge in [0.25, 0.3) is 5.91 Å². The molecule has 5 nitrogen and oxygen atoms in total. The molecular weight excluding hydrogens is 382 g/mol. The molecule has 3 aromatic rings. The van der Waals surface area contributed by atoms with Crippen molar-refractivity contribution in [2.75, 3.05) is 5.32 Å². The lowest BCUT2D eigenvalue weighted by molar-refractivity contribution is -0.116. The first kappa shape index (κ1) is 20.7. The average Bonchev–Trinajstić information content (AvgIpc) is 3.17. The Morgan fingerprint density at radius 2 is 1.62 bits per heavy atom. The van der Waals surface area contributed by atoms with E-state index in [4.69, 9.17) is 0 Å². The second-order valence-corrected chi connectivity index (χ2v) is 8.70. The van der Waals surface area contributed by atoms with Crippen molar-refractivity contribution in [1.82, 2.24) is 10.3 Å². The molecule has 2 aromatic carbocycles. The van der Waals surface area contributed by atoms with Gasteiger partial charge in [-0.25, -0.2) is 4.98 Å². The van der Waals surface area contributed by atoms with Crippen molar-refractivity contribution in [3.63, 3.8) is 0 Å². The maximum absolute atomic E-state index is 12.7. The Morgan fingerprint density at radius 3 is 2.21 bits per heavy atom. The summed E-state index contributed by atoms with van der Waals surface area (Å²) in [6.45, 7) is 6.24. The summed E-state index contributed by atoms with van der Waals surface area (Å²) in [5, 5.41) is 8.37. The van der Waals surface area contributed by atoms with Gasteiger partial charge in [0.1, 0.15) is 0 Å². The standard InChI is InChI=1S/C23H25N3O2S/c1-23(2,3)19-15-29-22(25-19)26-20(27)14-18(16-10-6-4-7-11-16)24-21(28)17-12-8-5-9-13-17/h4-13,15,18H,14H2,1-3H3,(H,24,28)(H,25,26,27). The molecule has 1 atom stereocenters. The Labute approximate surface area is 175 Å². The molecule has 0 aliphatic rings. The average molecular weight is 408 g/mol. The summed E-state index contributed by atoms with van der Waals surface area (Å²) in [5.74, 6) is -0.404. The SMILES string of the molecule is CC(C)(C)c1csc(NC(=O)CC(NC(=O)c2ccccc2)c2ccccc2)n1. The maximum atomic E-state index is 12.7. The molecule has 3 rings (SSSR count). The highest BCUT2D eigenvalue weighted by Gasteiger charge is 2.21. The molecule has 0 aliphatic carbocycles. The lowest BCUT2D eigenvalue weighted by atomic mass is 9.93. The molecule has 1 unspecified atom stereocenters. The van der Waals surface area contributed by atoms with Crippen molar-refractivity contribution in [1.29, 1.82) is 0 Å². The number of amides is 2. The van der Waals surface area contributed by atoms with Crippen LogP contribution >= 0.6 is 11.3 Å². The van der Waals surface area contributed by atoms with Gasteiger partial charge in [-0.2, -0.15) is 0 Å². The maximum Gasteiger partial charge on any atom is 0.251 e. The number of carbonyl (C=O) groups excluding carboxylic acids is 2. The van der Waals surface area contributed by atoms with Crippen LogP contribution in [0.4, 0.5) is 5.13 Å². The van der Waals surface area contributed by atoms with Gasteiger partial charge in [0.15, 0.2) is 5.13 Å². The molecule has 0 saturated carbocycles. The van der Waals surface area contributed by atoms with Crippen molar-refractivity contribution in [2.24, 2.45) is 0 Å². The Morgan fingerprint density at radius 1 is 1.00 bits per heavy atom. The van der Waals surface area contributed by atoms with Crippen molar-refractivity contribution in [3.05, 3.63) is 82.9 Å². The first-order chi connectivity index (χ1) is 13.8. The number of hydrogen-bond donors (Lipinski definition) is 2. The first-order valence-electron chi connectivity index (χ1n) is 9.49. The molecule has 1 aromatic heterocycles. The molecule has 0 spiro atoms. The lowest BCUT2D eigenvalue weighted by Gasteiger charge is -2.19. The summed E-state index contributed by atoms with van der Waals surface area (Å²) < 4.78 is 0. The predicted octanol–water partition coefficient (Wildman–Crippen LogP) is 4.94. The van der Waals surface area contributed by atoms with E-state index in [2.05, 4.69) is 36.4 Å². The van der Waals surface area contributed by atoms with Crippen LogP contribution in [-0.2, 0) is 10.2 Å². The molecule has 2 N–H and O–H groups in total. The Kier molecular flexibility index (Phi) is 6.44. The zero-order chi connectivity index (χ0) is 20.9. The molecule has 6 heteroatoms. The number of thiazole rings is 1. The zero-order valence-electron chi connectivity index (χ0n) is 16.8. The number of hydrogen-bond acceptors (Lipinski definition) is 4. The topological polar surface area (TPSA) is 71.1 Å². The van der Waals surface area contributed by atoms with Gasteiger partial charge in [-0.05, 0) is 17.7 Å². The molecule has 0 saturated heterocycles. The van der Waals surface area contributed by atoms with Gasteiger partial charge in [-0.15, -0.1) is 11.3 Å². The highest BCUT2D eigenvalue weighted by molar-refractivity contribution is 7.13. The number of rotatable bonds is 6. The van der Waals surface area contributed by atoms with Gasteiger partial charge in [0, 0.05) is 16.4 Å². The molecule has 29 heavy (non-hydrogen) atoms. The van der Waals surface area contributed by atoms with Crippen LogP contribution in [0.2, 0.25) is 0 Å². The summed E-state index contributed by atoms with van der Waals surface area (Å²) in [6, 6.07) is 18.1. The van der Waals surface area contributed by atoms with Crippen LogP contribution in [0.25, 0.3) is 0 Å². The van der Waals surface area contributed by atoms with E-state index in [1.165, 1.54) is 11.3 Å². The molecule has 0 bridgehead atoms. The molecule has 0 aliphatic heterocycles. The van der Waals surface area contributed by atoms with Crippen LogP contribution < -0.4 is 10.6 Å². The normalized spacial score (nSPS) is 12.2. The molecule has 0 radical (unpaired) electrons. The van der Waals surface area contributed by atoms with E-state index < -0.39 is 6.04 Å². The molecule has 1 heterocycles. The van der Waals surface area contributed by atoms with E-state index in [0.29, 0.717) is 10.7 Å². The number of carbonyl (C=O) groups is 2. The summed E-state index contributed by atoms with van der Waals surface area (Å²) in [6.07, 6.45) is 0.118. The Hall–Kier alpha value is -2.99. The minimum Gasteiger partial charge on any atom is -0.345 e. The van der Waals surface area contributed by atoms with Crippen molar-refractivity contribution < 1.29 is 9.59 Å². The number of benzene rings is 2. The van der Waals surface area contributed by atoms with Crippen molar-refractivity contribution in [3.8, 4) is 0 Å². The summed E-state index contributed by atoms with van der Waals surface area (Å²) in [4.78, 5) is 29.8. The van der Waals surface area contributed by atoms with Crippen molar-refractivity contribution in [2.45, 2.75) is 38.6 Å². The van der Waals surface area contributed by atoms with Gasteiger partial charge < -0.3 is 10.6 Å². The number of aromatic nitrogens is 1. The highest BCUT2D eigenvalue weighted by Crippen LogP contribution is 2.27. The van der Waals surface area contributed by atoms with Gasteiger partial charge in [0.2, 0.25) is 5.91 Å². The summed E-state index contributed by atoms with van der Waals surface area (Å²) in [5.41, 5.74) is 2.30. The van der Waals surface area contributed by atoms with E-state index >= 15 is 0 Å². The number of anilines is 1. The predicted molar refractivity (Wildman–Crippen MR) is 117 cm³/mol. The van der Waals surface area contributed by atoms with Gasteiger partial charge >= 0.3 is 0 Å². The molecule has 150 valence electrons. The van der Waals surface area contributed by atoms with Gasteiger partial charge in [-0.3, -0.25) is 9.59 Å². The fourth-order valence-electron chi connectivity index (χ4n) is 2.80. The van der Waals surface area contributed by atoms with Crippen LogP contribution in [0.15, 0.2) is 66.0 Å². The summed E-state index contributed by atoms with van der Waals surface area (Å²) >= 11 is 1.41. The molecule has 2 amide bonds. The lowest BCUT2D eigenvalue weighted by Crippen LogP contribution is -2.31. The van der Waals surface area contributed by atoms with Crippen LogP contribution in [0, 0.1) is 0 Å². The Balaban J connectivity index is 1.72. The quantitative estimate of drug-likeness (QED) is 0.608. The van der Waals surface area contributed by atoms with Crippen LogP contribution in [0.3, 0.4) is 0 Å². The van der Waals surface area contributed by atoms with E-state index in [9.17, 15) is 9.59 Å². The van der Waals surface area contributed by atoms with Gasteiger partial charge in [0.05, 0.1) is 18.2 Å². The third-order valence-corrected chi connectivity index (χ3v) is 5.21. The second kappa shape index (κ2) is 9.01.